The van der Waals surface area contributed by atoms with E-state index in [-0.39, 0.29) is 5.78 Å². The van der Waals surface area contributed by atoms with Gasteiger partial charge in [0, 0.05) is 18.8 Å². The summed E-state index contributed by atoms with van der Waals surface area (Å²) in [4.78, 5) is 11.0. The third-order valence-corrected chi connectivity index (χ3v) is 1.24. The van der Waals surface area contributed by atoms with Crippen molar-refractivity contribution < 1.29 is 10.0 Å². The maximum absolute atomic E-state index is 11.0. The first-order chi connectivity index (χ1) is 5.20. The van der Waals surface area contributed by atoms with Gasteiger partial charge in [0.15, 0.2) is 5.78 Å². The summed E-state index contributed by atoms with van der Waals surface area (Å²) >= 11 is 0. The minimum Gasteiger partial charge on any atom is -0.289 e. The van der Waals surface area contributed by atoms with E-state index in [1.165, 1.54) is 19.3 Å². The van der Waals surface area contributed by atoms with Crippen molar-refractivity contribution in [2.75, 3.05) is 7.05 Å². The van der Waals surface area contributed by atoms with Crippen molar-refractivity contribution in [1.82, 2.24) is 5.06 Å². The van der Waals surface area contributed by atoms with Crippen LogP contribution in [0.2, 0.25) is 0 Å². The van der Waals surface area contributed by atoms with E-state index in [4.69, 9.17) is 5.21 Å². The van der Waals surface area contributed by atoms with Gasteiger partial charge in [-0.25, -0.2) is 0 Å². The van der Waals surface area contributed by atoms with Crippen molar-refractivity contribution in [2.24, 2.45) is 0 Å². The van der Waals surface area contributed by atoms with Crippen LogP contribution in [0.15, 0.2) is 36.1 Å². The largest absolute Gasteiger partial charge is 0.289 e. The summed E-state index contributed by atoms with van der Waals surface area (Å²) in [5.74, 6) is -0.0894. The lowest BCUT2D eigenvalue weighted by atomic mass is 10.1. The molecule has 0 spiro atoms. The number of rotatable bonds is 1. The van der Waals surface area contributed by atoms with Gasteiger partial charge in [-0.3, -0.25) is 15.1 Å². The van der Waals surface area contributed by atoms with Crippen LogP contribution in [-0.2, 0) is 4.79 Å². The van der Waals surface area contributed by atoms with Crippen LogP contribution in [-0.4, -0.2) is 23.1 Å². The molecule has 0 aromatic rings. The molecule has 0 saturated heterocycles. The Hall–Kier alpha value is -1.35. The Morgan fingerprint density at radius 1 is 1.45 bits per heavy atom. The number of hydroxylamine groups is 2. The summed E-state index contributed by atoms with van der Waals surface area (Å²) < 4.78 is 0. The van der Waals surface area contributed by atoms with E-state index in [1.54, 1.807) is 18.2 Å². The average Bonchev–Trinajstić information content (AvgIpc) is 1.93. The maximum atomic E-state index is 11.0. The fourth-order valence-electron chi connectivity index (χ4n) is 0.788. The van der Waals surface area contributed by atoms with Crippen LogP contribution in [0.4, 0.5) is 0 Å². The van der Waals surface area contributed by atoms with Gasteiger partial charge in [0.25, 0.3) is 0 Å². The zero-order valence-electron chi connectivity index (χ0n) is 6.19. The molecule has 0 aromatic carbocycles. The molecule has 0 aliphatic heterocycles. The molecule has 0 radical (unpaired) electrons. The molecule has 0 fully saturated rings. The Morgan fingerprint density at radius 3 is 2.64 bits per heavy atom. The minimum absolute atomic E-state index is 0.0894. The Labute approximate surface area is 64.9 Å². The number of carbonyl (C=O) groups is 1. The molecule has 1 N–H and O–H groups in total. The highest BCUT2D eigenvalue weighted by Gasteiger charge is 2.04. The maximum Gasteiger partial charge on any atom is 0.187 e. The zero-order valence-corrected chi connectivity index (χ0v) is 6.19. The molecule has 3 nitrogen and oxygen atoms in total. The summed E-state index contributed by atoms with van der Waals surface area (Å²) in [7, 11) is 1.45. The quantitative estimate of drug-likeness (QED) is 0.447. The number of carbonyl (C=O) groups excluding carboxylic acids is 1. The minimum atomic E-state index is -0.0894. The van der Waals surface area contributed by atoms with E-state index in [0.29, 0.717) is 5.57 Å². The van der Waals surface area contributed by atoms with Crippen LogP contribution in [0.5, 0.6) is 0 Å². The van der Waals surface area contributed by atoms with E-state index in [2.05, 4.69) is 0 Å². The molecule has 1 aliphatic rings. The fraction of sp³-hybridized carbons (Fsp3) is 0.125. The molecule has 0 amide bonds. The predicted octanol–water partition coefficient (Wildman–Crippen LogP) is 0.886. The Bertz CT molecular complexity index is 249. The summed E-state index contributed by atoms with van der Waals surface area (Å²) in [5, 5.41) is 9.63. The van der Waals surface area contributed by atoms with Gasteiger partial charge < -0.3 is 0 Å². The second-order valence-electron chi connectivity index (χ2n) is 2.24. The van der Waals surface area contributed by atoms with E-state index in [1.807, 2.05) is 0 Å². The molecule has 0 saturated carbocycles. The Balaban J connectivity index is 2.81. The highest BCUT2D eigenvalue weighted by molar-refractivity contribution is 6.07. The van der Waals surface area contributed by atoms with Crippen LogP contribution in [0.3, 0.4) is 0 Å². The smallest absolute Gasteiger partial charge is 0.187 e. The van der Waals surface area contributed by atoms with E-state index < -0.39 is 0 Å². The fourth-order valence-corrected chi connectivity index (χ4v) is 0.788. The number of nitrogens with zero attached hydrogens (tertiary/aromatic N) is 1. The molecule has 0 bridgehead atoms. The third-order valence-electron chi connectivity index (χ3n) is 1.24. The Morgan fingerprint density at radius 2 is 2.09 bits per heavy atom. The van der Waals surface area contributed by atoms with Crippen LogP contribution >= 0.6 is 0 Å². The molecule has 1 rings (SSSR count). The lowest BCUT2D eigenvalue weighted by Gasteiger charge is -2.05. The Kier molecular flexibility index (Phi) is 2.23. The van der Waals surface area contributed by atoms with Gasteiger partial charge in [0.2, 0.25) is 0 Å². The monoisotopic (exact) mass is 151 g/mol. The highest BCUT2D eigenvalue weighted by Crippen LogP contribution is 2.05. The van der Waals surface area contributed by atoms with Gasteiger partial charge in [-0.05, 0) is 12.2 Å². The lowest BCUT2D eigenvalue weighted by molar-refractivity contribution is -0.111. The number of hydrogen-bond donors (Lipinski definition) is 1. The van der Waals surface area contributed by atoms with E-state index in [9.17, 15) is 4.79 Å². The van der Waals surface area contributed by atoms with Gasteiger partial charge in [-0.2, -0.15) is 0 Å². The van der Waals surface area contributed by atoms with Crippen molar-refractivity contribution in [2.45, 2.75) is 0 Å². The standard InChI is InChI=1S/C8H9NO2/c1-9(11)6-7-4-2-3-5-8(7)10/h2-6,11H,1H3. The molecule has 3 heteroatoms. The third kappa shape index (κ3) is 2.05. The van der Waals surface area contributed by atoms with Gasteiger partial charge in [0.1, 0.15) is 0 Å². The van der Waals surface area contributed by atoms with E-state index >= 15 is 0 Å². The molecule has 0 heterocycles. The van der Waals surface area contributed by atoms with Crippen molar-refractivity contribution in [3.63, 3.8) is 0 Å². The van der Waals surface area contributed by atoms with Crippen molar-refractivity contribution in [3.8, 4) is 0 Å². The van der Waals surface area contributed by atoms with Gasteiger partial charge in [0.05, 0.1) is 0 Å². The molecule has 0 unspecified atom stereocenters. The summed E-state index contributed by atoms with van der Waals surface area (Å²) in [6.45, 7) is 0. The van der Waals surface area contributed by atoms with Crippen LogP contribution < -0.4 is 0 Å². The first-order valence-electron chi connectivity index (χ1n) is 3.23. The van der Waals surface area contributed by atoms with Crippen LogP contribution in [0, 0.1) is 0 Å². The van der Waals surface area contributed by atoms with Gasteiger partial charge >= 0.3 is 0 Å². The molecule has 58 valence electrons. The van der Waals surface area contributed by atoms with Crippen molar-refractivity contribution in [3.05, 3.63) is 36.1 Å². The summed E-state index contributed by atoms with van der Waals surface area (Å²) in [6.07, 6.45) is 7.88. The van der Waals surface area contributed by atoms with Crippen molar-refractivity contribution in [1.29, 1.82) is 0 Å². The molecule has 0 aromatic heterocycles. The first-order valence-corrected chi connectivity index (χ1v) is 3.23. The van der Waals surface area contributed by atoms with E-state index in [0.717, 1.165) is 5.06 Å². The molecule has 11 heavy (non-hydrogen) atoms. The SMILES string of the molecule is CN(O)C=C1C=CC=CC1=O. The number of allylic oxidation sites excluding steroid dienone is 5. The van der Waals surface area contributed by atoms with Gasteiger partial charge in [-0.1, -0.05) is 12.2 Å². The van der Waals surface area contributed by atoms with Crippen molar-refractivity contribution >= 4 is 5.78 Å². The molecular weight excluding hydrogens is 142 g/mol. The topological polar surface area (TPSA) is 40.5 Å². The normalized spacial score (nSPS) is 19.5. The number of ketones is 1. The summed E-state index contributed by atoms with van der Waals surface area (Å²) in [5.41, 5.74) is 0.484. The van der Waals surface area contributed by atoms with Crippen LogP contribution in [0.1, 0.15) is 0 Å². The lowest BCUT2D eigenvalue weighted by Crippen LogP contribution is -2.08. The van der Waals surface area contributed by atoms with Crippen LogP contribution in [0.25, 0.3) is 0 Å². The zero-order chi connectivity index (χ0) is 8.27. The molecule has 0 atom stereocenters. The average molecular weight is 151 g/mol. The predicted molar refractivity (Wildman–Crippen MR) is 40.9 cm³/mol. The highest BCUT2D eigenvalue weighted by atomic mass is 16.5. The molecular formula is C8H9NO2. The molecule has 1 aliphatic carbocycles. The summed E-state index contributed by atoms with van der Waals surface area (Å²) in [6, 6.07) is 0. The second-order valence-corrected chi connectivity index (χ2v) is 2.24. The first kappa shape index (κ1) is 7.75. The van der Waals surface area contributed by atoms with Gasteiger partial charge in [-0.15, -0.1) is 0 Å². The number of hydrogen-bond acceptors (Lipinski definition) is 3. The second kappa shape index (κ2) is 3.16.